The molecule has 1 saturated heterocycles. The first-order valence-electron chi connectivity index (χ1n) is 18.8. The van der Waals surface area contributed by atoms with Gasteiger partial charge >= 0.3 is 12.1 Å². The quantitative estimate of drug-likeness (QED) is 0.0578. The van der Waals surface area contributed by atoms with Gasteiger partial charge in [-0.05, 0) is 56.7 Å². The number of hydrogen-bond acceptors (Lipinski definition) is 13. The average Bonchev–Trinajstić information content (AvgIpc) is 3.98. The number of ether oxygens (including phenoxy) is 2. The van der Waals surface area contributed by atoms with Gasteiger partial charge in [-0.2, -0.15) is 0 Å². The number of hydrogen-bond donors (Lipinski definition) is 2. The molecule has 57 heavy (non-hydrogen) atoms. The molecule has 2 aromatic heterocycles. The monoisotopic (exact) mass is 844 g/mol. The second-order valence-electron chi connectivity index (χ2n) is 15.0. The van der Waals surface area contributed by atoms with E-state index in [2.05, 4.69) is 25.8 Å². The maximum absolute atomic E-state index is 14.4. The van der Waals surface area contributed by atoms with Crippen molar-refractivity contribution in [2.75, 3.05) is 16.8 Å². The zero-order valence-electron chi connectivity index (χ0n) is 32.1. The molecule has 3 aliphatic rings. The zero-order chi connectivity index (χ0) is 40.1. The molecule has 0 spiro atoms. The maximum Gasteiger partial charge on any atom is 0.413 e. The molecule has 4 heterocycles. The van der Waals surface area contributed by atoms with Crippen molar-refractivity contribution in [1.82, 2.24) is 25.4 Å². The van der Waals surface area contributed by atoms with E-state index in [0.29, 0.717) is 40.2 Å². The number of carbonyl (C=O) groups is 4. The Morgan fingerprint density at radius 2 is 1.70 bits per heavy atom. The fraction of sp³-hybridized carbons (Fsp3) is 0.390. The highest BCUT2D eigenvalue weighted by atomic mass is 32.2. The van der Waals surface area contributed by atoms with Gasteiger partial charge in [-0.15, -0.1) is 33.3 Å². The number of benzene rings is 2. The number of β-lactam (4-membered cyclic amide) rings is 1. The van der Waals surface area contributed by atoms with E-state index in [0.717, 1.165) is 51.7 Å². The minimum absolute atomic E-state index is 0.189. The van der Waals surface area contributed by atoms with Crippen molar-refractivity contribution in [3.05, 3.63) is 105 Å². The number of fused-ring (bicyclic) bond motifs is 1. The number of rotatable bonds is 13. The molecule has 0 bridgehead atoms. The third-order valence-corrected chi connectivity index (χ3v) is 13.8. The number of nitrogens with zero attached hydrogens (tertiary/aromatic N) is 4. The van der Waals surface area contributed by atoms with Crippen LogP contribution in [0.5, 0.6) is 0 Å². The minimum atomic E-state index is -0.891. The van der Waals surface area contributed by atoms with Gasteiger partial charge in [0.2, 0.25) is 0 Å². The molecule has 0 radical (unpaired) electrons. The summed E-state index contributed by atoms with van der Waals surface area (Å²) in [5.74, 6) is -0.181. The Kier molecular flexibility index (Phi) is 12.8. The fourth-order valence-electron chi connectivity index (χ4n) is 6.92. The molecule has 2 aromatic carbocycles. The van der Waals surface area contributed by atoms with Gasteiger partial charge in [0.25, 0.3) is 11.8 Å². The van der Waals surface area contributed by atoms with E-state index in [1.807, 2.05) is 73.7 Å². The summed E-state index contributed by atoms with van der Waals surface area (Å²) in [6.45, 7) is 7.21. The lowest BCUT2D eigenvalue weighted by molar-refractivity contribution is -0.154. The van der Waals surface area contributed by atoms with E-state index in [4.69, 9.17) is 9.47 Å². The van der Waals surface area contributed by atoms with Gasteiger partial charge in [-0.1, -0.05) is 116 Å². The Balaban J connectivity index is 1.13. The summed E-state index contributed by atoms with van der Waals surface area (Å²) >= 11 is 5.59. The van der Waals surface area contributed by atoms with Crippen LogP contribution >= 0.6 is 46.2 Å². The SMILES string of the molecule is Cc1nnc(SCC2=C(C(=O)OC(c3ccccc3)c3ccccc3)N3C(=O)[C@@H](NC(=O)/C(=C\CC4CCCC4)c4csc(NC(=O)OC(C)(C)C)n4)[C@H]3SC2)s1. The minimum Gasteiger partial charge on any atom is -0.448 e. The highest BCUT2D eigenvalue weighted by molar-refractivity contribution is 8.01. The summed E-state index contributed by atoms with van der Waals surface area (Å²) < 4.78 is 12.5. The Labute approximate surface area is 348 Å². The fourth-order valence-corrected chi connectivity index (χ4v) is 10.9. The standard InChI is InChI=1S/C41H44N6O6S4/c1-24-45-46-40(57-24)56-22-28-21-54-36-31(35(49)47(36)32(28)37(50)52-33(26-15-7-5-8-16-26)27-17-9-6-10-18-27)43-34(48)29(20-19-25-13-11-12-14-25)30-23-55-38(42-30)44-39(51)53-41(2,3)4/h5-10,15-18,20,23,25,31,33,36H,11-14,19,21-22H2,1-4H3,(H,43,48)(H,42,44,51)/b29-20-/t31-,36-/m1/s1. The molecule has 12 nitrogen and oxygen atoms in total. The number of aromatic nitrogens is 3. The summed E-state index contributed by atoms with van der Waals surface area (Å²) in [6, 6.07) is 18.1. The number of anilines is 1. The van der Waals surface area contributed by atoms with Gasteiger partial charge < -0.3 is 14.8 Å². The van der Waals surface area contributed by atoms with Crippen LogP contribution in [-0.2, 0) is 23.9 Å². The van der Waals surface area contributed by atoms with Crippen LogP contribution in [0.1, 0.15) is 80.8 Å². The van der Waals surface area contributed by atoms with Gasteiger partial charge in [0.05, 0.1) is 11.3 Å². The van der Waals surface area contributed by atoms with E-state index in [9.17, 15) is 19.2 Å². The topological polar surface area (TPSA) is 153 Å². The molecular formula is C41H44N6O6S4. The Bertz CT molecular complexity index is 2120. The van der Waals surface area contributed by atoms with E-state index >= 15 is 0 Å². The van der Waals surface area contributed by atoms with Crippen LogP contribution in [0.3, 0.4) is 0 Å². The molecule has 2 aliphatic heterocycles. The zero-order valence-corrected chi connectivity index (χ0v) is 35.3. The lowest BCUT2D eigenvalue weighted by atomic mass is 9.99. The van der Waals surface area contributed by atoms with E-state index < -0.39 is 47.0 Å². The molecule has 0 unspecified atom stereocenters. The van der Waals surface area contributed by atoms with Gasteiger partial charge in [-0.3, -0.25) is 19.8 Å². The molecule has 4 aromatic rings. The predicted molar refractivity (Wildman–Crippen MR) is 225 cm³/mol. The molecule has 1 aliphatic carbocycles. The highest BCUT2D eigenvalue weighted by Crippen LogP contribution is 2.43. The van der Waals surface area contributed by atoms with Crippen molar-refractivity contribution in [2.45, 2.75) is 87.3 Å². The van der Waals surface area contributed by atoms with Crippen LogP contribution in [0.15, 0.2) is 87.7 Å². The second kappa shape index (κ2) is 18.0. The number of amides is 3. The number of nitrogens with one attached hydrogen (secondary N) is 2. The lowest BCUT2D eigenvalue weighted by Crippen LogP contribution is -2.70. The van der Waals surface area contributed by atoms with Crippen LogP contribution in [0, 0.1) is 12.8 Å². The first-order chi connectivity index (χ1) is 27.4. The molecule has 298 valence electrons. The van der Waals surface area contributed by atoms with E-state index in [-0.39, 0.29) is 5.70 Å². The van der Waals surface area contributed by atoms with Crippen molar-refractivity contribution in [1.29, 1.82) is 0 Å². The van der Waals surface area contributed by atoms with Crippen molar-refractivity contribution in [3.8, 4) is 0 Å². The summed E-state index contributed by atoms with van der Waals surface area (Å²) in [6.07, 6.45) is 5.71. The second-order valence-corrected chi connectivity index (χ2v) is 19.3. The normalized spacial score (nSPS) is 18.6. The van der Waals surface area contributed by atoms with Gasteiger partial charge in [0, 0.05) is 16.9 Å². The van der Waals surface area contributed by atoms with Crippen molar-refractivity contribution in [2.24, 2.45) is 5.92 Å². The van der Waals surface area contributed by atoms with Crippen LogP contribution < -0.4 is 10.6 Å². The van der Waals surface area contributed by atoms with Gasteiger partial charge in [0.1, 0.15) is 27.7 Å². The lowest BCUT2D eigenvalue weighted by Gasteiger charge is -2.50. The Hall–Kier alpha value is -4.51. The molecule has 2 atom stereocenters. The predicted octanol–water partition coefficient (Wildman–Crippen LogP) is 8.39. The highest BCUT2D eigenvalue weighted by Gasteiger charge is 2.55. The number of thiazole rings is 1. The molecule has 3 amide bonds. The third kappa shape index (κ3) is 9.97. The first-order valence-corrected chi connectivity index (χ1v) is 22.5. The van der Waals surface area contributed by atoms with Crippen molar-refractivity contribution in [3.63, 3.8) is 0 Å². The summed E-state index contributed by atoms with van der Waals surface area (Å²) in [4.78, 5) is 61.3. The van der Waals surface area contributed by atoms with Crippen LogP contribution in [0.25, 0.3) is 5.57 Å². The maximum atomic E-state index is 14.4. The van der Waals surface area contributed by atoms with E-state index in [1.165, 1.54) is 51.1 Å². The van der Waals surface area contributed by atoms with Gasteiger partial charge in [-0.25, -0.2) is 14.6 Å². The number of aryl methyl sites for hydroxylation is 1. The molecular weight excluding hydrogens is 801 g/mol. The average molecular weight is 845 g/mol. The van der Waals surface area contributed by atoms with Crippen LogP contribution in [0.2, 0.25) is 0 Å². The number of allylic oxidation sites excluding steroid dienone is 1. The molecule has 1 saturated carbocycles. The summed E-state index contributed by atoms with van der Waals surface area (Å²) in [5, 5.41) is 16.3. The van der Waals surface area contributed by atoms with Crippen LogP contribution in [0.4, 0.5) is 9.93 Å². The Morgan fingerprint density at radius 3 is 2.33 bits per heavy atom. The van der Waals surface area contributed by atoms with Crippen molar-refractivity contribution < 1.29 is 28.7 Å². The third-order valence-electron chi connectivity index (χ3n) is 9.60. The summed E-state index contributed by atoms with van der Waals surface area (Å²) in [7, 11) is 0. The molecule has 7 rings (SSSR count). The smallest absolute Gasteiger partial charge is 0.413 e. The largest absolute Gasteiger partial charge is 0.448 e. The number of thioether (sulfide) groups is 2. The molecule has 2 N–H and O–H groups in total. The number of esters is 1. The van der Waals surface area contributed by atoms with Gasteiger partial charge in [0.15, 0.2) is 15.6 Å². The summed E-state index contributed by atoms with van der Waals surface area (Å²) in [5.41, 5.74) is 2.55. The van der Waals surface area contributed by atoms with Crippen molar-refractivity contribution >= 4 is 80.8 Å². The molecule has 16 heteroatoms. The number of carbonyl (C=O) groups excluding carboxylic acids is 4. The molecule has 2 fully saturated rings. The first kappa shape index (κ1) is 40.7. The van der Waals surface area contributed by atoms with Crippen LogP contribution in [-0.4, -0.2) is 72.5 Å². The van der Waals surface area contributed by atoms with E-state index in [1.54, 1.807) is 26.2 Å². The Morgan fingerprint density at radius 1 is 1.02 bits per heavy atom.